The molecule has 27 heavy (non-hydrogen) atoms. The summed E-state index contributed by atoms with van der Waals surface area (Å²) >= 11 is 0. The van der Waals surface area contributed by atoms with Crippen molar-refractivity contribution in [3.63, 3.8) is 0 Å². The number of ether oxygens (including phenoxy) is 1. The standard InChI is InChI=1S/C20H25FN2O4/c1-13-8-19(2,3)12-20(9-13)17(25)23(18(26)22-20)10-16(24)27-11-14-6-4-5-7-15(14)21/h4-7,13H,8-12H2,1-3H3,(H,22,26)/t13-,20+/m0/s1. The number of hydrogen-bond acceptors (Lipinski definition) is 4. The quantitative estimate of drug-likeness (QED) is 0.647. The SMILES string of the molecule is C[C@H]1CC(C)(C)C[C@@]2(C1)NC(=O)N(CC(=O)OCc1ccccc1F)C2=O. The Morgan fingerprint density at radius 2 is 2.00 bits per heavy atom. The van der Waals surface area contributed by atoms with Crippen LogP contribution in [0.1, 0.15) is 45.6 Å². The molecule has 1 heterocycles. The van der Waals surface area contributed by atoms with Crippen molar-refractivity contribution in [1.29, 1.82) is 0 Å². The van der Waals surface area contributed by atoms with Gasteiger partial charge in [0.25, 0.3) is 5.91 Å². The monoisotopic (exact) mass is 376 g/mol. The highest BCUT2D eigenvalue weighted by molar-refractivity contribution is 6.08. The van der Waals surface area contributed by atoms with Crippen LogP contribution in [0.25, 0.3) is 0 Å². The Morgan fingerprint density at radius 3 is 2.67 bits per heavy atom. The lowest BCUT2D eigenvalue weighted by atomic mass is 9.64. The van der Waals surface area contributed by atoms with Gasteiger partial charge in [-0.25, -0.2) is 9.18 Å². The second-order valence-electron chi connectivity index (χ2n) is 8.51. The lowest BCUT2D eigenvalue weighted by molar-refractivity contribution is -0.149. The molecule has 1 saturated heterocycles. The van der Waals surface area contributed by atoms with Crippen LogP contribution < -0.4 is 5.32 Å². The predicted molar refractivity (Wildman–Crippen MR) is 96.0 cm³/mol. The van der Waals surface area contributed by atoms with Crippen LogP contribution >= 0.6 is 0 Å². The summed E-state index contributed by atoms with van der Waals surface area (Å²) < 4.78 is 18.6. The Morgan fingerprint density at radius 1 is 1.30 bits per heavy atom. The van der Waals surface area contributed by atoms with Crippen LogP contribution in [0, 0.1) is 17.2 Å². The van der Waals surface area contributed by atoms with Crippen molar-refractivity contribution >= 4 is 17.9 Å². The van der Waals surface area contributed by atoms with E-state index in [0.717, 1.165) is 11.3 Å². The van der Waals surface area contributed by atoms with Crippen molar-refractivity contribution < 1.29 is 23.5 Å². The number of hydrogen-bond donors (Lipinski definition) is 1. The van der Waals surface area contributed by atoms with E-state index in [4.69, 9.17) is 4.74 Å². The molecule has 0 unspecified atom stereocenters. The summed E-state index contributed by atoms with van der Waals surface area (Å²) in [5, 5.41) is 2.81. The molecule has 0 bridgehead atoms. The second kappa shape index (κ2) is 6.94. The lowest BCUT2D eigenvalue weighted by Gasteiger charge is -2.43. The number of halogens is 1. The van der Waals surface area contributed by atoms with E-state index < -0.39 is 29.9 Å². The van der Waals surface area contributed by atoms with Gasteiger partial charge in [-0.15, -0.1) is 0 Å². The van der Waals surface area contributed by atoms with Crippen LogP contribution in [0.2, 0.25) is 0 Å². The maximum absolute atomic E-state index is 13.6. The van der Waals surface area contributed by atoms with E-state index in [9.17, 15) is 18.8 Å². The summed E-state index contributed by atoms with van der Waals surface area (Å²) in [6.45, 7) is 5.50. The number of esters is 1. The second-order valence-corrected chi connectivity index (χ2v) is 8.51. The summed E-state index contributed by atoms with van der Waals surface area (Å²) in [5.41, 5.74) is -0.797. The summed E-state index contributed by atoms with van der Waals surface area (Å²) in [6, 6.07) is 5.39. The molecule has 1 spiro atoms. The van der Waals surface area contributed by atoms with Crippen LogP contribution in [0.3, 0.4) is 0 Å². The van der Waals surface area contributed by atoms with Gasteiger partial charge in [0, 0.05) is 5.56 Å². The Labute approximate surface area is 158 Å². The topological polar surface area (TPSA) is 75.7 Å². The van der Waals surface area contributed by atoms with Gasteiger partial charge in [0.15, 0.2) is 0 Å². The van der Waals surface area contributed by atoms with Crippen LogP contribution in [0.4, 0.5) is 9.18 Å². The van der Waals surface area contributed by atoms with Gasteiger partial charge in [-0.2, -0.15) is 0 Å². The summed E-state index contributed by atoms with van der Waals surface area (Å²) in [4.78, 5) is 38.4. The number of amides is 3. The van der Waals surface area contributed by atoms with Gasteiger partial charge in [-0.05, 0) is 36.7 Å². The molecule has 1 aromatic rings. The summed E-state index contributed by atoms with van der Waals surface area (Å²) in [6.07, 6.45) is 2.07. The Hall–Kier alpha value is -2.44. The van der Waals surface area contributed by atoms with Crippen LogP contribution in [0.5, 0.6) is 0 Å². The molecule has 6 nitrogen and oxygen atoms in total. The minimum absolute atomic E-state index is 0.0814. The van der Waals surface area contributed by atoms with Crippen molar-refractivity contribution in [2.24, 2.45) is 11.3 Å². The number of benzene rings is 1. The third-order valence-corrected chi connectivity index (χ3v) is 5.26. The number of nitrogens with one attached hydrogen (secondary N) is 1. The zero-order valence-electron chi connectivity index (χ0n) is 15.9. The molecule has 7 heteroatoms. The third kappa shape index (κ3) is 3.96. The zero-order valence-corrected chi connectivity index (χ0v) is 15.9. The first-order chi connectivity index (χ1) is 12.6. The fourth-order valence-corrected chi connectivity index (χ4v) is 4.60. The molecule has 3 rings (SSSR count). The fourth-order valence-electron chi connectivity index (χ4n) is 4.60. The van der Waals surface area contributed by atoms with Gasteiger partial charge in [-0.3, -0.25) is 14.5 Å². The fraction of sp³-hybridized carbons (Fsp3) is 0.550. The number of nitrogens with zero attached hydrogens (tertiary/aromatic N) is 1. The van der Waals surface area contributed by atoms with Gasteiger partial charge in [0.1, 0.15) is 24.5 Å². The summed E-state index contributed by atoms with van der Waals surface area (Å²) in [7, 11) is 0. The van der Waals surface area contributed by atoms with Gasteiger partial charge in [0.05, 0.1) is 0 Å². The number of imide groups is 1. The first kappa shape index (κ1) is 19.3. The molecule has 146 valence electrons. The maximum Gasteiger partial charge on any atom is 0.326 e. The van der Waals surface area contributed by atoms with E-state index in [1.807, 2.05) is 0 Å². The molecule has 2 fully saturated rings. The normalized spacial score (nSPS) is 27.0. The minimum Gasteiger partial charge on any atom is -0.459 e. The molecule has 1 aliphatic heterocycles. The maximum atomic E-state index is 13.6. The molecular weight excluding hydrogens is 351 g/mol. The van der Waals surface area contributed by atoms with Gasteiger partial charge in [0.2, 0.25) is 0 Å². The molecule has 0 radical (unpaired) electrons. The number of rotatable bonds is 4. The highest BCUT2D eigenvalue weighted by atomic mass is 19.1. The Bertz CT molecular complexity index is 779. The van der Waals surface area contributed by atoms with Gasteiger partial charge >= 0.3 is 12.0 Å². The molecule has 3 amide bonds. The van der Waals surface area contributed by atoms with Crippen molar-refractivity contribution in [2.75, 3.05) is 6.54 Å². The van der Waals surface area contributed by atoms with Crippen LogP contribution in [-0.4, -0.2) is 34.9 Å². The Balaban J connectivity index is 1.65. The molecule has 1 saturated carbocycles. The van der Waals surface area contributed by atoms with Crippen LogP contribution in [0.15, 0.2) is 24.3 Å². The molecule has 2 aliphatic rings. The molecule has 1 aromatic carbocycles. The number of carbonyl (C=O) groups is 3. The molecular formula is C20H25FN2O4. The molecule has 1 N–H and O–H groups in total. The summed E-state index contributed by atoms with van der Waals surface area (Å²) in [5.74, 6) is -1.32. The highest BCUT2D eigenvalue weighted by Gasteiger charge is 2.56. The van der Waals surface area contributed by atoms with Crippen molar-refractivity contribution in [1.82, 2.24) is 10.2 Å². The van der Waals surface area contributed by atoms with Crippen LogP contribution in [-0.2, 0) is 20.9 Å². The van der Waals surface area contributed by atoms with Gasteiger partial charge in [-0.1, -0.05) is 39.0 Å². The first-order valence-electron chi connectivity index (χ1n) is 9.15. The average molecular weight is 376 g/mol. The largest absolute Gasteiger partial charge is 0.459 e. The Kier molecular flexibility index (Phi) is 4.97. The van der Waals surface area contributed by atoms with E-state index in [1.54, 1.807) is 12.1 Å². The van der Waals surface area contributed by atoms with E-state index in [-0.39, 0.29) is 29.4 Å². The van der Waals surface area contributed by atoms with Crippen molar-refractivity contribution in [2.45, 2.75) is 52.2 Å². The van der Waals surface area contributed by atoms with E-state index in [0.29, 0.717) is 12.8 Å². The van der Waals surface area contributed by atoms with Crippen molar-refractivity contribution in [3.05, 3.63) is 35.6 Å². The zero-order chi connectivity index (χ0) is 19.8. The number of carbonyl (C=O) groups excluding carboxylic acids is 3. The van der Waals surface area contributed by atoms with Gasteiger partial charge < -0.3 is 10.1 Å². The third-order valence-electron chi connectivity index (χ3n) is 5.26. The molecule has 1 aliphatic carbocycles. The predicted octanol–water partition coefficient (Wildman–Crippen LogP) is 3.01. The molecule has 2 atom stereocenters. The smallest absolute Gasteiger partial charge is 0.326 e. The lowest BCUT2D eigenvalue weighted by Crippen LogP contribution is -2.54. The highest BCUT2D eigenvalue weighted by Crippen LogP contribution is 2.46. The van der Waals surface area contributed by atoms with E-state index in [2.05, 4.69) is 26.1 Å². The first-order valence-corrected chi connectivity index (χ1v) is 9.15. The average Bonchev–Trinajstić information content (AvgIpc) is 2.75. The van der Waals surface area contributed by atoms with Crippen molar-refractivity contribution in [3.8, 4) is 0 Å². The van der Waals surface area contributed by atoms with E-state index >= 15 is 0 Å². The molecule has 0 aromatic heterocycles. The minimum atomic E-state index is -0.954. The number of urea groups is 1. The van der Waals surface area contributed by atoms with E-state index in [1.165, 1.54) is 12.1 Å².